The summed E-state index contributed by atoms with van der Waals surface area (Å²) in [6.45, 7) is 8.20. The van der Waals surface area contributed by atoms with E-state index in [1.54, 1.807) is 18.2 Å². The highest BCUT2D eigenvalue weighted by atomic mass is 16.4. The van der Waals surface area contributed by atoms with E-state index in [-0.39, 0.29) is 5.56 Å². The second kappa shape index (κ2) is 7.04. The molecule has 0 heterocycles. The molecule has 2 rings (SSSR count). The molecule has 0 aliphatic carbocycles. The minimum Gasteiger partial charge on any atom is -0.478 e. The molecule has 0 spiro atoms. The molecule has 2 aromatic carbocycles. The zero-order valence-corrected chi connectivity index (χ0v) is 14.6. The second-order valence-electron chi connectivity index (χ2n) is 7.13. The van der Waals surface area contributed by atoms with E-state index in [2.05, 4.69) is 13.8 Å². The summed E-state index contributed by atoms with van der Waals surface area (Å²) in [7, 11) is 0. The SMILES string of the molecule is CC(C)Cc1cc2cc(C(=O)O)ccc2c(CC(C)C)c1C(=O)O. The number of benzene rings is 2. The Morgan fingerprint density at radius 1 is 0.917 bits per heavy atom. The van der Waals surface area contributed by atoms with E-state index in [1.807, 2.05) is 19.9 Å². The molecule has 0 aliphatic rings. The smallest absolute Gasteiger partial charge is 0.336 e. The fourth-order valence-electron chi connectivity index (χ4n) is 3.17. The molecule has 4 heteroatoms. The van der Waals surface area contributed by atoms with Gasteiger partial charge in [-0.1, -0.05) is 39.8 Å². The van der Waals surface area contributed by atoms with Crippen LogP contribution >= 0.6 is 0 Å². The van der Waals surface area contributed by atoms with E-state index >= 15 is 0 Å². The summed E-state index contributed by atoms with van der Waals surface area (Å²) < 4.78 is 0. The van der Waals surface area contributed by atoms with Crippen LogP contribution in [0.1, 0.15) is 59.5 Å². The van der Waals surface area contributed by atoms with Gasteiger partial charge in [-0.2, -0.15) is 0 Å². The minimum atomic E-state index is -0.977. The first-order chi connectivity index (χ1) is 11.2. The zero-order chi connectivity index (χ0) is 18.0. The van der Waals surface area contributed by atoms with E-state index in [1.165, 1.54) is 0 Å². The van der Waals surface area contributed by atoms with Crippen LogP contribution in [0.2, 0.25) is 0 Å². The minimum absolute atomic E-state index is 0.219. The molecule has 0 unspecified atom stereocenters. The van der Waals surface area contributed by atoms with Crippen molar-refractivity contribution in [2.24, 2.45) is 11.8 Å². The molecule has 0 amide bonds. The molecule has 2 N–H and O–H groups in total. The Morgan fingerprint density at radius 2 is 1.54 bits per heavy atom. The van der Waals surface area contributed by atoms with Crippen LogP contribution in [0.25, 0.3) is 10.8 Å². The average molecular weight is 328 g/mol. The predicted molar refractivity (Wildman–Crippen MR) is 95.0 cm³/mol. The van der Waals surface area contributed by atoms with Crippen LogP contribution in [0.5, 0.6) is 0 Å². The van der Waals surface area contributed by atoms with Crippen LogP contribution in [0.3, 0.4) is 0 Å². The maximum Gasteiger partial charge on any atom is 0.336 e. The van der Waals surface area contributed by atoms with Gasteiger partial charge in [-0.05, 0) is 58.7 Å². The molecule has 2 aromatic rings. The lowest BCUT2D eigenvalue weighted by atomic mass is 9.86. The number of aromatic carboxylic acids is 2. The lowest BCUT2D eigenvalue weighted by Gasteiger charge is -2.18. The highest BCUT2D eigenvalue weighted by Gasteiger charge is 2.21. The predicted octanol–water partition coefficient (Wildman–Crippen LogP) is 4.63. The molecule has 0 fully saturated rings. The summed E-state index contributed by atoms with van der Waals surface area (Å²) in [5, 5.41) is 20.6. The van der Waals surface area contributed by atoms with Crippen LogP contribution in [0.4, 0.5) is 0 Å². The molecule has 0 aromatic heterocycles. The Labute approximate surface area is 142 Å². The molecule has 0 radical (unpaired) electrons. The Hall–Kier alpha value is -2.36. The summed E-state index contributed by atoms with van der Waals surface area (Å²) >= 11 is 0. The zero-order valence-electron chi connectivity index (χ0n) is 14.6. The highest BCUT2D eigenvalue weighted by molar-refractivity contribution is 6.02. The maximum absolute atomic E-state index is 11.9. The van der Waals surface area contributed by atoms with Crippen molar-refractivity contribution >= 4 is 22.7 Å². The molecule has 0 saturated heterocycles. The van der Waals surface area contributed by atoms with Gasteiger partial charge < -0.3 is 10.2 Å². The van der Waals surface area contributed by atoms with Gasteiger partial charge >= 0.3 is 11.9 Å². The van der Waals surface area contributed by atoms with E-state index in [4.69, 9.17) is 0 Å². The van der Waals surface area contributed by atoms with Gasteiger partial charge in [0.1, 0.15) is 0 Å². The summed E-state index contributed by atoms with van der Waals surface area (Å²) in [5.74, 6) is -1.27. The van der Waals surface area contributed by atoms with Crippen molar-refractivity contribution in [1.82, 2.24) is 0 Å². The van der Waals surface area contributed by atoms with Crippen LogP contribution in [-0.4, -0.2) is 22.2 Å². The normalized spacial score (nSPS) is 11.4. The Bertz CT molecular complexity index is 788. The van der Waals surface area contributed by atoms with Crippen molar-refractivity contribution in [2.45, 2.75) is 40.5 Å². The van der Waals surface area contributed by atoms with Gasteiger partial charge in [-0.25, -0.2) is 9.59 Å². The van der Waals surface area contributed by atoms with Crippen LogP contribution in [0.15, 0.2) is 24.3 Å². The van der Waals surface area contributed by atoms with E-state index in [9.17, 15) is 19.8 Å². The van der Waals surface area contributed by atoms with E-state index < -0.39 is 11.9 Å². The second-order valence-corrected chi connectivity index (χ2v) is 7.13. The first-order valence-corrected chi connectivity index (χ1v) is 8.25. The van der Waals surface area contributed by atoms with Gasteiger partial charge in [0.05, 0.1) is 11.1 Å². The van der Waals surface area contributed by atoms with Crippen molar-refractivity contribution in [1.29, 1.82) is 0 Å². The standard InChI is InChI=1S/C20H24O4/c1-11(2)7-15-10-14-9-13(19(21)22)5-6-16(14)17(8-12(3)4)18(15)20(23)24/h5-6,9-12H,7-8H2,1-4H3,(H,21,22)(H,23,24). The van der Waals surface area contributed by atoms with Crippen molar-refractivity contribution in [2.75, 3.05) is 0 Å². The van der Waals surface area contributed by atoms with Crippen LogP contribution in [-0.2, 0) is 12.8 Å². The van der Waals surface area contributed by atoms with E-state index in [0.29, 0.717) is 30.2 Å². The molecule has 128 valence electrons. The lowest BCUT2D eigenvalue weighted by molar-refractivity contribution is 0.0684. The van der Waals surface area contributed by atoms with Gasteiger partial charge in [-0.3, -0.25) is 0 Å². The number of rotatable bonds is 6. The molecule has 24 heavy (non-hydrogen) atoms. The largest absolute Gasteiger partial charge is 0.478 e. The fraction of sp³-hybridized carbons (Fsp3) is 0.400. The summed E-state index contributed by atoms with van der Waals surface area (Å²) in [4.78, 5) is 23.2. The molecule has 0 bridgehead atoms. The molecule has 4 nitrogen and oxygen atoms in total. The van der Waals surface area contributed by atoms with Crippen molar-refractivity contribution in [3.05, 3.63) is 46.5 Å². The maximum atomic E-state index is 11.9. The third kappa shape index (κ3) is 3.75. The number of carboxylic acid groups (broad SMARTS) is 2. The fourth-order valence-corrected chi connectivity index (χ4v) is 3.17. The number of fused-ring (bicyclic) bond motifs is 1. The lowest BCUT2D eigenvalue weighted by Crippen LogP contribution is -2.12. The highest BCUT2D eigenvalue weighted by Crippen LogP contribution is 2.31. The molecule has 0 atom stereocenters. The topological polar surface area (TPSA) is 74.6 Å². The monoisotopic (exact) mass is 328 g/mol. The molecular formula is C20H24O4. The van der Waals surface area contributed by atoms with Gasteiger partial charge in [-0.15, -0.1) is 0 Å². The number of carboxylic acids is 2. The van der Waals surface area contributed by atoms with Crippen molar-refractivity contribution in [3.63, 3.8) is 0 Å². The number of hydrogen-bond donors (Lipinski definition) is 2. The quantitative estimate of drug-likeness (QED) is 0.810. The Kier molecular flexibility index (Phi) is 5.27. The van der Waals surface area contributed by atoms with Gasteiger partial charge in [0.15, 0.2) is 0 Å². The summed E-state index contributed by atoms with van der Waals surface area (Å²) in [6.07, 6.45) is 1.30. The Morgan fingerprint density at radius 3 is 2.04 bits per heavy atom. The first-order valence-electron chi connectivity index (χ1n) is 8.25. The molecule has 0 aliphatic heterocycles. The van der Waals surface area contributed by atoms with Crippen molar-refractivity contribution in [3.8, 4) is 0 Å². The van der Waals surface area contributed by atoms with Gasteiger partial charge in [0, 0.05) is 0 Å². The molecule has 0 saturated carbocycles. The van der Waals surface area contributed by atoms with Gasteiger partial charge in [0.2, 0.25) is 0 Å². The van der Waals surface area contributed by atoms with Gasteiger partial charge in [0.25, 0.3) is 0 Å². The van der Waals surface area contributed by atoms with E-state index in [0.717, 1.165) is 21.9 Å². The first kappa shape index (κ1) is 18.0. The number of carbonyl (C=O) groups is 2. The summed E-state index contributed by atoms with van der Waals surface area (Å²) in [5.41, 5.74) is 2.19. The third-order valence-corrected chi connectivity index (χ3v) is 4.03. The van der Waals surface area contributed by atoms with Crippen LogP contribution in [0, 0.1) is 11.8 Å². The third-order valence-electron chi connectivity index (χ3n) is 4.03. The molecular weight excluding hydrogens is 304 g/mol. The summed E-state index contributed by atoms with van der Waals surface area (Å²) in [6, 6.07) is 6.76. The number of hydrogen-bond acceptors (Lipinski definition) is 2. The Balaban J connectivity index is 2.83. The average Bonchev–Trinajstić information content (AvgIpc) is 2.44. The van der Waals surface area contributed by atoms with Crippen LogP contribution < -0.4 is 0 Å². The van der Waals surface area contributed by atoms with Crippen molar-refractivity contribution < 1.29 is 19.8 Å².